The van der Waals surface area contributed by atoms with Gasteiger partial charge in [-0.2, -0.15) is 0 Å². The SMILES string of the molecule is O=C(Cl)c1ccccc1-c1cccs1. The molecule has 0 bridgehead atoms. The van der Waals surface area contributed by atoms with Crippen LogP contribution >= 0.6 is 22.9 Å². The van der Waals surface area contributed by atoms with E-state index in [-0.39, 0.29) is 0 Å². The van der Waals surface area contributed by atoms with Gasteiger partial charge in [0.1, 0.15) is 0 Å². The Labute approximate surface area is 91.0 Å². The van der Waals surface area contributed by atoms with Crippen LogP contribution in [-0.2, 0) is 0 Å². The second-order valence-corrected chi connectivity index (χ2v) is 4.09. The maximum absolute atomic E-state index is 11.1. The van der Waals surface area contributed by atoms with Gasteiger partial charge in [0, 0.05) is 16.0 Å². The molecule has 0 atom stereocenters. The molecule has 70 valence electrons. The Balaban J connectivity index is 2.58. The maximum atomic E-state index is 11.1. The zero-order valence-corrected chi connectivity index (χ0v) is 8.81. The first kappa shape index (κ1) is 9.44. The average Bonchev–Trinajstić information content (AvgIpc) is 2.70. The Bertz CT molecular complexity index is 448. The van der Waals surface area contributed by atoms with E-state index in [1.165, 1.54) is 0 Å². The smallest absolute Gasteiger partial charge is 0.253 e. The number of carbonyl (C=O) groups is 1. The second kappa shape index (κ2) is 3.95. The largest absolute Gasteiger partial charge is 0.276 e. The number of hydrogen-bond donors (Lipinski definition) is 0. The molecule has 3 heteroatoms. The minimum atomic E-state index is -0.408. The van der Waals surface area contributed by atoms with Crippen molar-refractivity contribution >= 4 is 28.2 Å². The molecule has 1 nitrogen and oxygen atoms in total. The molecule has 0 aliphatic heterocycles. The first-order chi connectivity index (χ1) is 6.79. The maximum Gasteiger partial charge on any atom is 0.253 e. The molecule has 0 spiro atoms. The lowest BCUT2D eigenvalue weighted by molar-refractivity contribution is 0.108. The van der Waals surface area contributed by atoms with Crippen LogP contribution in [0.4, 0.5) is 0 Å². The normalized spacial score (nSPS) is 10.1. The lowest BCUT2D eigenvalue weighted by Gasteiger charge is -2.01. The van der Waals surface area contributed by atoms with Gasteiger partial charge < -0.3 is 0 Å². The monoisotopic (exact) mass is 222 g/mol. The molecule has 0 saturated heterocycles. The van der Waals surface area contributed by atoms with Crippen molar-refractivity contribution < 1.29 is 4.79 Å². The van der Waals surface area contributed by atoms with Gasteiger partial charge in [0.2, 0.25) is 0 Å². The van der Waals surface area contributed by atoms with Gasteiger partial charge in [-0.05, 0) is 29.1 Å². The summed E-state index contributed by atoms with van der Waals surface area (Å²) in [5.41, 5.74) is 1.47. The van der Waals surface area contributed by atoms with Crippen molar-refractivity contribution in [2.75, 3.05) is 0 Å². The first-order valence-corrected chi connectivity index (χ1v) is 5.37. The second-order valence-electron chi connectivity index (χ2n) is 2.80. The third-order valence-electron chi connectivity index (χ3n) is 1.93. The van der Waals surface area contributed by atoms with Gasteiger partial charge in [-0.1, -0.05) is 24.3 Å². The summed E-state index contributed by atoms with van der Waals surface area (Å²) >= 11 is 7.09. The van der Waals surface area contributed by atoms with Crippen LogP contribution in [0.3, 0.4) is 0 Å². The number of halogens is 1. The first-order valence-electron chi connectivity index (χ1n) is 4.12. The standard InChI is InChI=1S/C11H7ClOS/c12-11(13)9-5-2-1-4-8(9)10-6-3-7-14-10/h1-7H. The third kappa shape index (κ3) is 1.72. The molecule has 14 heavy (non-hydrogen) atoms. The van der Waals surface area contributed by atoms with E-state index in [1.807, 2.05) is 35.7 Å². The predicted molar refractivity (Wildman–Crippen MR) is 59.9 cm³/mol. The molecule has 1 heterocycles. The molecular weight excluding hydrogens is 216 g/mol. The fraction of sp³-hybridized carbons (Fsp3) is 0. The minimum absolute atomic E-state index is 0.408. The van der Waals surface area contributed by atoms with E-state index in [2.05, 4.69) is 0 Å². The Hall–Kier alpha value is -1.12. The van der Waals surface area contributed by atoms with Crippen LogP contribution in [0.2, 0.25) is 0 Å². The van der Waals surface area contributed by atoms with E-state index < -0.39 is 5.24 Å². The summed E-state index contributed by atoms with van der Waals surface area (Å²) in [6.45, 7) is 0. The van der Waals surface area contributed by atoms with E-state index in [4.69, 9.17) is 11.6 Å². The lowest BCUT2D eigenvalue weighted by Crippen LogP contribution is -1.91. The van der Waals surface area contributed by atoms with Gasteiger partial charge >= 0.3 is 0 Å². The summed E-state index contributed by atoms with van der Waals surface area (Å²) in [6.07, 6.45) is 0. The molecule has 2 rings (SSSR count). The molecule has 0 unspecified atom stereocenters. The molecule has 2 aromatic rings. The summed E-state index contributed by atoms with van der Waals surface area (Å²) in [5, 5.41) is 1.57. The molecule has 0 fully saturated rings. The summed E-state index contributed by atoms with van der Waals surface area (Å²) in [4.78, 5) is 12.2. The highest BCUT2D eigenvalue weighted by Crippen LogP contribution is 2.28. The zero-order chi connectivity index (χ0) is 9.97. The molecule has 0 N–H and O–H groups in total. The van der Waals surface area contributed by atoms with Gasteiger partial charge in [-0.15, -0.1) is 11.3 Å². The topological polar surface area (TPSA) is 17.1 Å². The Morgan fingerprint density at radius 2 is 1.93 bits per heavy atom. The van der Waals surface area contributed by atoms with Crippen molar-refractivity contribution in [3.63, 3.8) is 0 Å². The number of rotatable bonds is 2. The van der Waals surface area contributed by atoms with E-state index in [0.717, 1.165) is 10.4 Å². The molecule has 0 saturated carbocycles. The highest BCUT2D eigenvalue weighted by molar-refractivity contribution is 7.13. The number of hydrogen-bond acceptors (Lipinski definition) is 2. The summed E-state index contributed by atoms with van der Waals surface area (Å²) in [6, 6.07) is 11.3. The van der Waals surface area contributed by atoms with Crippen LogP contribution in [-0.4, -0.2) is 5.24 Å². The Morgan fingerprint density at radius 3 is 2.57 bits per heavy atom. The zero-order valence-electron chi connectivity index (χ0n) is 7.24. The van der Waals surface area contributed by atoms with Crippen LogP contribution in [0.15, 0.2) is 41.8 Å². The van der Waals surface area contributed by atoms with Crippen molar-refractivity contribution in [1.82, 2.24) is 0 Å². The van der Waals surface area contributed by atoms with Gasteiger partial charge in [-0.25, -0.2) is 0 Å². The van der Waals surface area contributed by atoms with E-state index in [0.29, 0.717) is 5.56 Å². The molecule has 0 radical (unpaired) electrons. The van der Waals surface area contributed by atoms with E-state index in [1.54, 1.807) is 17.4 Å². The van der Waals surface area contributed by atoms with E-state index >= 15 is 0 Å². The third-order valence-corrected chi connectivity index (χ3v) is 3.03. The fourth-order valence-corrected chi connectivity index (χ4v) is 2.23. The molecule has 0 aliphatic rings. The van der Waals surface area contributed by atoms with Crippen molar-refractivity contribution in [2.24, 2.45) is 0 Å². The van der Waals surface area contributed by atoms with Crippen LogP contribution < -0.4 is 0 Å². The lowest BCUT2D eigenvalue weighted by atomic mass is 10.1. The highest BCUT2D eigenvalue weighted by atomic mass is 35.5. The number of benzene rings is 1. The molecule has 0 aliphatic carbocycles. The number of carbonyl (C=O) groups excluding carboxylic acids is 1. The van der Waals surface area contributed by atoms with Crippen LogP contribution in [0, 0.1) is 0 Å². The summed E-state index contributed by atoms with van der Waals surface area (Å²) < 4.78 is 0. The van der Waals surface area contributed by atoms with Crippen molar-refractivity contribution in [1.29, 1.82) is 0 Å². The van der Waals surface area contributed by atoms with Gasteiger partial charge in [0.05, 0.1) is 0 Å². The van der Waals surface area contributed by atoms with Crippen LogP contribution in [0.5, 0.6) is 0 Å². The fourth-order valence-electron chi connectivity index (χ4n) is 1.30. The van der Waals surface area contributed by atoms with Crippen molar-refractivity contribution in [2.45, 2.75) is 0 Å². The molecular formula is C11H7ClOS. The summed E-state index contributed by atoms with van der Waals surface area (Å²) in [5.74, 6) is 0. The van der Waals surface area contributed by atoms with Gasteiger partial charge in [0.25, 0.3) is 5.24 Å². The number of thiophene rings is 1. The summed E-state index contributed by atoms with van der Waals surface area (Å²) in [7, 11) is 0. The van der Waals surface area contributed by atoms with Crippen molar-refractivity contribution in [3.05, 3.63) is 47.3 Å². The van der Waals surface area contributed by atoms with Gasteiger partial charge in [0.15, 0.2) is 0 Å². The molecule has 1 aromatic heterocycles. The average molecular weight is 223 g/mol. The van der Waals surface area contributed by atoms with Crippen LogP contribution in [0.25, 0.3) is 10.4 Å². The van der Waals surface area contributed by atoms with Crippen LogP contribution in [0.1, 0.15) is 10.4 Å². The quantitative estimate of drug-likeness (QED) is 0.707. The van der Waals surface area contributed by atoms with Gasteiger partial charge in [-0.3, -0.25) is 4.79 Å². The Morgan fingerprint density at radius 1 is 1.14 bits per heavy atom. The Kier molecular flexibility index (Phi) is 2.66. The predicted octanol–water partition coefficient (Wildman–Crippen LogP) is 3.79. The van der Waals surface area contributed by atoms with Crippen molar-refractivity contribution in [3.8, 4) is 10.4 Å². The molecule has 1 aromatic carbocycles. The minimum Gasteiger partial charge on any atom is -0.276 e. The molecule has 0 amide bonds. The van der Waals surface area contributed by atoms with E-state index in [9.17, 15) is 4.79 Å². The highest BCUT2D eigenvalue weighted by Gasteiger charge is 2.09.